The Hall–Kier alpha value is -1.81. The van der Waals surface area contributed by atoms with E-state index in [1.165, 1.54) is 12.1 Å². The molecule has 1 N–H and O–H groups in total. The molecule has 0 aliphatic carbocycles. The lowest BCUT2D eigenvalue weighted by Crippen LogP contribution is -2.11. The normalized spacial score (nSPS) is 11.7. The van der Waals surface area contributed by atoms with Crippen LogP contribution >= 0.6 is 0 Å². The Morgan fingerprint density at radius 1 is 1.05 bits per heavy atom. The van der Waals surface area contributed by atoms with Gasteiger partial charge in [0.05, 0.1) is 5.56 Å². The fraction of sp³-hybridized carbons (Fsp3) is 0.294. The molecule has 0 aliphatic rings. The summed E-state index contributed by atoms with van der Waals surface area (Å²) < 4.78 is 38.3. The Labute approximate surface area is 122 Å². The van der Waals surface area contributed by atoms with Gasteiger partial charge in [-0.2, -0.15) is 13.2 Å². The zero-order valence-corrected chi connectivity index (χ0v) is 12.1. The van der Waals surface area contributed by atoms with Crippen LogP contribution in [0.15, 0.2) is 42.5 Å². The van der Waals surface area contributed by atoms with E-state index in [2.05, 4.69) is 5.32 Å². The molecule has 0 atom stereocenters. The van der Waals surface area contributed by atoms with Crippen LogP contribution < -0.4 is 5.32 Å². The van der Waals surface area contributed by atoms with Crippen molar-refractivity contribution in [3.05, 3.63) is 59.2 Å². The van der Waals surface area contributed by atoms with Crippen LogP contribution in [0, 0.1) is 6.92 Å². The Morgan fingerprint density at radius 2 is 1.81 bits per heavy atom. The molecule has 0 aromatic heterocycles. The van der Waals surface area contributed by atoms with Crippen LogP contribution in [0.3, 0.4) is 0 Å². The van der Waals surface area contributed by atoms with Gasteiger partial charge in [0.25, 0.3) is 0 Å². The zero-order chi connectivity index (χ0) is 15.5. The second-order valence-electron chi connectivity index (χ2n) is 5.01. The van der Waals surface area contributed by atoms with Gasteiger partial charge < -0.3 is 5.32 Å². The monoisotopic (exact) mass is 293 g/mol. The van der Waals surface area contributed by atoms with E-state index in [0.717, 1.165) is 35.8 Å². The molecule has 0 amide bonds. The Morgan fingerprint density at radius 3 is 2.43 bits per heavy atom. The van der Waals surface area contributed by atoms with Crippen molar-refractivity contribution in [2.24, 2.45) is 0 Å². The predicted octanol–water partition coefficient (Wildman–Crippen LogP) is 4.79. The van der Waals surface area contributed by atoms with Crippen molar-refractivity contribution in [2.75, 3.05) is 6.54 Å². The van der Waals surface area contributed by atoms with Crippen molar-refractivity contribution in [3.63, 3.8) is 0 Å². The molecule has 0 saturated carbocycles. The van der Waals surface area contributed by atoms with Gasteiger partial charge in [0, 0.05) is 6.54 Å². The van der Waals surface area contributed by atoms with E-state index in [1.54, 1.807) is 6.07 Å². The van der Waals surface area contributed by atoms with Gasteiger partial charge in [-0.25, -0.2) is 0 Å². The van der Waals surface area contributed by atoms with Gasteiger partial charge >= 0.3 is 6.18 Å². The Bertz CT molecular complexity index is 618. The lowest BCUT2D eigenvalue weighted by molar-refractivity contribution is -0.137. The van der Waals surface area contributed by atoms with Crippen LogP contribution in [-0.4, -0.2) is 6.54 Å². The molecule has 0 heterocycles. The number of hydrogen-bond acceptors (Lipinski definition) is 1. The fourth-order valence-electron chi connectivity index (χ4n) is 2.29. The van der Waals surface area contributed by atoms with Crippen molar-refractivity contribution in [1.82, 2.24) is 5.32 Å². The molecule has 2 rings (SSSR count). The highest BCUT2D eigenvalue weighted by molar-refractivity contribution is 5.68. The van der Waals surface area contributed by atoms with Crippen LogP contribution in [0.4, 0.5) is 13.2 Å². The topological polar surface area (TPSA) is 12.0 Å². The van der Waals surface area contributed by atoms with E-state index in [9.17, 15) is 13.2 Å². The molecule has 21 heavy (non-hydrogen) atoms. The van der Waals surface area contributed by atoms with Crippen molar-refractivity contribution >= 4 is 0 Å². The molecule has 0 fully saturated rings. The minimum atomic E-state index is -4.31. The number of nitrogens with one attached hydrogen (secondary N) is 1. The van der Waals surface area contributed by atoms with Gasteiger partial charge in [-0.1, -0.05) is 37.3 Å². The van der Waals surface area contributed by atoms with E-state index in [-0.39, 0.29) is 0 Å². The average molecular weight is 293 g/mol. The van der Waals surface area contributed by atoms with Crippen LogP contribution in [0.5, 0.6) is 0 Å². The third-order valence-electron chi connectivity index (χ3n) is 3.37. The van der Waals surface area contributed by atoms with Gasteiger partial charge in [0.2, 0.25) is 0 Å². The lowest BCUT2D eigenvalue weighted by Gasteiger charge is -2.12. The van der Waals surface area contributed by atoms with Crippen LogP contribution in [0.25, 0.3) is 11.1 Å². The minimum absolute atomic E-state index is 0.595. The Kier molecular flexibility index (Phi) is 4.68. The highest BCUT2D eigenvalue weighted by Crippen LogP contribution is 2.33. The van der Waals surface area contributed by atoms with Gasteiger partial charge in [0.15, 0.2) is 0 Å². The number of hydrogen-bond donors (Lipinski definition) is 1. The minimum Gasteiger partial charge on any atom is -0.313 e. The molecule has 2 aromatic rings. The van der Waals surface area contributed by atoms with Crippen molar-refractivity contribution in [3.8, 4) is 11.1 Å². The summed E-state index contributed by atoms with van der Waals surface area (Å²) in [5.74, 6) is 0. The summed E-state index contributed by atoms with van der Waals surface area (Å²) >= 11 is 0. The molecule has 112 valence electrons. The summed E-state index contributed by atoms with van der Waals surface area (Å²) in [7, 11) is 0. The molecule has 1 nitrogen and oxygen atoms in total. The first-order chi connectivity index (χ1) is 9.91. The maximum atomic E-state index is 12.8. The molecule has 0 unspecified atom stereocenters. The average Bonchev–Trinajstić information content (AvgIpc) is 2.44. The van der Waals surface area contributed by atoms with E-state index in [1.807, 2.05) is 32.0 Å². The first-order valence-electron chi connectivity index (χ1n) is 6.89. The standard InChI is InChI=1S/C17H18F3N/c1-3-21-11-13-7-8-16(12(2)9-13)14-5-4-6-15(10-14)17(18,19)20/h4-10,21H,3,11H2,1-2H3. The van der Waals surface area contributed by atoms with E-state index in [4.69, 9.17) is 0 Å². The molecular weight excluding hydrogens is 275 g/mol. The summed E-state index contributed by atoms with van der Waals surface area (Å²) in [6.07, 6.45) is -4.31. The second-order valence-corrected chi connectivity index (χ2v) is 5.01. The number of benzene rings is 2. The highest BCUT2D eigenvalue weighted by Gasteiger charge is 2.30. The number of halogens is 3. The van der Waals surface area contributed by atoms with Gasteiger partial charge in [0.1, 0.15) is 0 Å². The van der Waals surface area contributed by atoms with Crippen LogP contribution in [-0.2, 0) is 12.7 Å². The van der Waals surface area contributed by atoms with Gasteiger partial charge in [-0.15, -0.1) is 0 Å². The molecule has 0 spiro atoms. The quantitative estimate of drug-likeness (QED) is 0.854. The molecule has 0 bridgehead atoms. The second kappa shape index (κ2) is 6.31. The smallest absolute Gasteiger partial charge is 0.313 e. The summed E-state index contributed by atoms with van der Waals surface area (Å²) in [6, 6.07) is 11.3. The maximum absolute atomic E-state index is 12.8. The van der Waals surface area contributed by atoms with E-state index in [0.29, 0.717) is 5.56 Å². The van der Waals surface area contributed by atoms with Crippen LogP contribution in [0.2, 0.25) is 0 Å². The third-order valence-corrected chi connectivity index (χ3v) is 3.37. The summed E-state index contributed by atoms with van der Waals surface area (Å²) in [6.45, 7) is 5.60. The molecule has 0 saturated heterocycles. The van der Waals surface area contributed by atoms with Crippen LogP contribution in [0.1, 0.15) is 23.6 Å². The summed E-state index contributed by atoms with van der Waals surface area (Å²) in [5.41, 5.74) is 2.92. The first-order valence-corrected chi connectivity index (χ1v) is 6.89. The molecule has 4 heteroatoms. The third kappa shape index (κ3) is 3.85. The largest absolute Gasteiger partial charge is 0.416 e. The number of aryl methyl sites for hydroxylation is 1. The van der Waals surface area contributed by atoms with Gasteiger partial charge in [-0.05, 0) is 47.9 Å². The zero-order valence-electron chi connectivity index (χ0n) is 12.1. The SMILES string of the molecule is CCNCc1ccc(-c2cccc(C(F)(F)F)c2)c(C)c1. The van der Waals surface area contributed by atoms with Crippen molar-refractivity contribution in [1.29, 1.82) is 0 Å². The molecular formula is C17H18F3N. The maximum Gasteiger partial charge on any atom is 0.416 e. The highest BCUT2D eigenvalue weighted by atomic mass is 19.4. The van der Waals surface area contributed by atoms with Crippen molar-refractivity contribution in [2.45, 2.75) is 26.6 Å². The Balaban J connectivity index is 2.34. The number of rotatable bonds is 4. The summed E-state index contributed by atoms with van der Waals surface area (Å²) in [5, 5.41) is 3.23. The number of alkyl halides is 3. The summed E-state index contributed by atoms with van der Waals surface area (Å²) in [4.78, 5) is 0. The first kappa shape index (κ1) is 15.6. The van der Waals surface area contributed by atoms with E-state index < -0.39 is 11.7 Å². The lowest BCUT2D eigenvalue weighted by atomic mass is 9.97. The molecule has 0 radical (unpaired) electrons. The predicted molar refractivity (Wildman–Crippen MR) is 79.0 cm³/mol. The van der Waals surface area contributed by atoms with Crippen molar-refractivity contribution < 1.29 is 13.2 Å². The molecule has 2 aromatic carbocycles. The molecule has 0 aliphatic heterocycles. The van der Waals surface area contributed by atoms with Gasteiger partial charge in [-0.3, -0.25) is 0 Å². The van der Waals surface area contributed by atoms with E-state index >= 15 is 0 Å². The fourth-order valence-corrected chi connectivity index (χ4v) is 2.29.